The molecule has 1 amide bonds. The molecule has 1 heterocycles. The maximum atomic E-state index is 13.4. The van der Waals surface area contributed by atoms with Crippen molar-refractivity contribution in [2.75, 3.05) is 39.7 Å². The third kappa shape index (κ3) is 5.35. The number of nitrogens with one attached hydrogen (secondary N) is 1. The summed E-state index contributed by atoms with van der Waals surface area (Å²) < 4.78 is 61.5. The molecule has 1 fully saturated rings. The van der Waals surface area contributed by atoms with Gasteiger partial charge in [0.05, 0.1) is 25.0 Å². The molecule has 25 heavy (non-hydrogen) atoms. The first-order chi connectivity index (χ1) is 11.7. The first-order valence-electron chi connectivity index (χ1n) is 7.54. The Bertz CT molecular complexity index is 727. The van der Waals surface area contributed by atoms with Crippen LogP contribution in [0.15, 0.2) is 18.2 Å². The average molecular weight is 378 g/mol. The number of rotatable bonds is 7. The predicted octanol–water partition coefficient (Wildman–Crippen LogP) is 0.366. The highest BCUT2D eigenvalue weighted by Crippen LogP contribution is 2.19. The molecule has 0 saturated carbocycles. The molecule has 1 aliphatic heterocycles. The molecule has 1 saturated heterocycles. The van der Waals surface area contributed by atoms with Crippen LogP contribution in [-0.4, -0.2) is 64.3 Å². The molecule has 140 valence electrons. The maximum absolute atomic E-state index is 13.4. The van der Waals surface area contributed by atoms with Crippen molar-refractivity contribution < 1.29 is 31.5 Å². The zero-order valence-electron chi connectivity index (χ0n) is 13.9. The van der Waals surface area contributed by atoms with Crippen LogP contribution < -0.4 is 10.1 Å². The van der Waals surface area contributed by atoms with Gasteiger partial charge in [0.2, 0.25) is 10.0 Å². The van der Waals surface area contributed by atoms with E-state index in [-0.39, 0.29) is 30.6 Å². The van der Waals surface area contributed by atoms with Gasteiger partial charge in [-0.05, 0) is 12.1 Å². The van der Waals surface area contributed by atoms with E-state index in [0.717, 1.165) is 16.4 Å². The first kappa shape index (κ1) is 19.5. The van der Waals surface area contributed by atoms with E-state index in [1.54, 1.807) is 0 Å². The van der Waals surface area contributed by atoms with Crippen molar-refractivity contribution in [2.24, 2.45) is 5.92 Å². The molecular formula is C15H20F2N2O5S. The van der Waals surface area contributed by atoms with E-state index in [0.29, 0.717) is 6.07 Å². The molecule has 1 aromatic rings. The summed E-state index contributed by atoms with van der Waals surface area (Å²) >= 11 is 0. The second kappa shape index (κ2) is 8.07. The lowest BCUT2D eigenvalue weighted by atomic mass is 10.1. The summed E-state index contributed by atoms with van der Waals surface area (Å²) in [5, 5.41) is 2.62. The highest BCUT2D eigenvalue weighted by Gasteiger charge is 2.34. The number of benzene rings is 1. The van der Waals surface area contributed by atoms with Crippen LogP contribution in [0, 0.1) is 17.6 Å². The molecule has 0 aromatic heterocycles. The number of carbonyl (C=O) groups is 1. The fourth-order valence-corrected chi connectivity index (χ4v) is 3.49. The molecule has 0 aliphatic carbocycles. The van der Waals surface area contributed by atoms with Gasteiger partial charge in [0.15, 0.2) is 18.2 Å². The van der Waals surface area contributed by atoms with Gasteiger partial charge in [-0.1, -0.05) is 0 Å². The largest absolute Gasteiger partial charge is 0.481 e. The van der Waals surface area contributed by atoms with Gasteiger partial charge >= 0.3 is 0 Å². The molecule has 0 unspecified atom stereocenters. The predicted molar refractivity (Wildman–Crippen MR) is 85.6 cm³/mol. The monoisotopic (exact) mass is 378 g/mol. The Balaban J connectivity index is 1.88. The third-order valence-corrected chi connectivity index (χ3v) is 5.74. The third-order valence-electron chi connectivity index (χ3n) is 3.78. The van der Waals surface area contributed by atoms with Crippen LogP contribution in [0.5, 0.6) is 5.75 Å². The standard InChI is InChI=1S/C15H20F2N2O5S/c1-19(2)25(21,22)9-10-6-23-7-13(10)18-15(20)8-24-14-4-3-11(16)5-12(14)17/h3-5,10,13H,6-9H2,1-2H3,(H,18,20)/t10-,13+/m0/s1. The van der Waals surface area contributed by atoms with Gasteiger partial charge < -0.3 is 14.8 Å². The van der Waals surface area contributed by atoms with Crippen LogP contribution >= 0.6 is 0 Å². The molecule has 0 spiro atoms. The first-order valence-corrected chi connectivity index (χ1v) is 9.15. The van der Waals surface area contributed by atoms with Crippen molar-refractivity contribution in [3.8, 4) is 5.75 Å². The number of amides is 1. The topological polar surface area (TPSA) is 84.9 Å². The van der Waals surface area contributed by atoms with Gasteiger partial charge in [-0.25, -0.2) is 21.5 Å². The number of carbonyl (C=O) groups excluding carboxylic acids is 1. The SMILES string of the molecule is CN(C)S(=O)(=O)C[C@@H]1COC[C@H]1NC(=O)COc1ccc(F)cc1F. The van der Waals surface area contributed by atoms with E-state index in [1.807, 2.05) is 0 Å². The summed E-state index contributed by atoms with van der Waals surface area (Å²) in [7, 11) is -0.561. The second-order valence-electron chi connectivity index (χ2n) is 5.90. The second-order valence-corrected chi connectivity index (χ2v) is 8.12. The van der Waals surface area contributed by atoms with E-state index in [2.05, 4.69) is 5.32 Å². The number of ether oxygens (including phenoxy) is 2. The van der Waals surface area contributed by atoms with Crippen molar-refractivity contribution in [3.05, 3.63) is 29.8 Å². The molecule has 0 bridgehead atoms. The molecular weight excluding hydrogens is 358 g/mol. The summed E-state index contributed by atoms with van der Waals surface area (Å²) in [6.45, 7) is -0.0814. The minimum absolute atomic E-state index is 0.154. The Kier molecular flexibility index (Phi) is 6.31. The van der Waals surface area contributed by atoms with E-state index in [4.69, 9.17) is 9.47 Å². The molecule has 1 N–H and O–H groups in total. The highest BCUT2D eigenvalue weighted by atomic mass is 32.2. The Labute approximate surface area is 145 Å². The summed E-state index contributed by atoms with van der Waals surface area (Å²) in [5.74, 6) is -3.00. The number of nitrogens with zero attached hydrogens (tertiary/aromatic N) is 1. The summed E-state index contributed by atoms with van der Waals surface area (Å²) in [6, 6.07) is 2.27. The Morgan fingerprint density at radius 2 is 2.08 bits per heavy atom. The van der Waals surface area contributed by atoms with Crippen molar-refractivity contribution in [3.63, 3.8) is 0 Å². The van der Waals surface area contributed by atoms with E-state index in [9.17, 15) is 22.0 Å². The maximum Gasteiger partial charge on any atom is 0.258 e. The Hall–Kier alpha value is -1.78. The lowest BCUT2D eigenvalue weighted by Crippen LogP contribution is -2.45. The van der Waals surface area contributed by atoms with Crippen molar-refractivity contribution >= 4 is 15.9 Å². The fourth-order valence-electron chi connectivity index (χ4n) is 2.33. The summed E-state index contributed by atoms with van der Waals surface area (Å²) in [5.41, 5.74) is 0. The summed E-state index contributed by atoms with van der Waals surface area (Å²) in [4.78, 5) is 11.9. The average Bonchev–Trinajstić information content (AvgIpc) is 2.92. The number of hydrogen-bond donors (Lipinski definition) is 1. The van der Waals surface area contributed by atoms with Crippen molar-refractivity contribution in [2.45, 2.75) is 6.04 Å². The minimum atomic E-state index is -3.43. The summed E-state index contributed by atoms with van der Waals surface area (Å²) in [6.07, 6.45) is 0. The molecule has 1 aromatic carbocycles. The number of halogens is 2. The van der Waals surface area contributed by atoms with Gasteiger partial charge in [-0.3, -0.25) is 4.79 Å². The molecule has 1 aliphatic rings. The van der Waals surface area contributed by atoms with Crippen LogP contribution in [0.1, 0.15) is 0 Å². The van der Waals surface area contributed by atoms with E-state index in [1.165, 1.54) is 14.1 Å². The fraction of sp³-hybridized carbons (Fsp3) is 0.533. The molecule has 0 radical (unpaired) electrons. The zero-order chi connectivity index (χ0) is 18.6. The zero-order valence-corrected chi connectivity index (χ0v) is 14.7. The minimum Gasteiger partial charge on any atom is -0.481 e. The Morgan fingerprint density at radius 3 is 2.72 bits per heavy atom. The van der Waals surface area contributed by atoms with Gasteiger partial charge in [0.25, 0.3) is 5.91 Å². The van der Waals surface area contributed by atoms with Gasteiger partial charge in [-0.2, -0.15) is 0 Å². The van der Waals surface area contributed by atoms with E-state index >= 15 is 0 Å². The van der Waals surface area contributed by atoms with Crippen LogP contribution in [0.2, 0.25) is 0 Å². The molecule has 7 nitrogen and oxygen atoms in total. The van der Waals surface area contributed by atoms with Gasteiger partial charge in [0.1, 0.15) is 5.82 Å². The smallest absolute Gasteiger partial charge is 0.258 e. The van der Waals surface area contributed by atoms with Crippen molar-refractivity contribution in [1.82, 2.24) is 9.62 Å². The van der Waals surface area contributed by atoms with Crippen LogP contribution in [-0.2, 0) is 19.6 Å². The van der Waals surface area contributed by atoms with Gasteiger partial charge in [-0.15, -0.1) is 0 Å². The molecule has 2 rings (SSSR count). The number of sulfonamides is 1. The van der Waals surface area contributed by atoms with Crippen LogP contribution in [0.25, 0.3) is 0 Å². The van der Waals surface area contributed by atoms with Crippen LogP contribution in [0.3, 0.4) is 0 Å². The van der Waals surface area contributed by atoms with Crippen LogP contribution in [0.4, 0.5) is 8.78 Å². The normalized spacial score (nSPS) is 20.7. The van der Waals surface area contributed by atoms with E-state index < -0.39 is 40.2 Å². The lowest BCUT2D eigenvalue weighted by Gasteiger charge is -2.21. The van der Waals surface area contributed by atoms with Gasteiger partial charge in [0, 0.05) is 26.1 Å². The Morgan fingerprint density at radius 1 is 1.36 bits per heavy atom. The lowest BCUT2D eigenvalue weighted by molar-refractivity contribution is -0.124. The molecule has 10 heteroatoms. The quantitative estimate of drug-likeness (QED) is 0.741. The van der Waals surface area contributed by atoms with Crippen molar-refractivity contribution in [1.29, 1.82) is 0 Å². The highest BCUT2D eigenvalue weighted by molar-refractivity contribution is 7.89. The molecule has 2 atom stereocenters. The number of hydrogen-bond acceptors (Lipinski definition) is 5.